The molecule has 17 heavy (non-hydrogen) atoms. The zero-order chi connectivity index (χ0) is 12.7. The number of hydrogen-bond donors (Lipinski definition) is 1. The van der Waals surface area contributed by atoms with Crippen LogP contribution >= 0.6 is 0 Å². The number of benzene rings is 1. The Hall–Kier alpha value is -2.35. The minimum absolute atomic E-state index is 0.303. The summed E-state index contributed by atoms with van der Waals surface area (Å²) in [6.45, 7) is 3.78. The number of hydrogen-bond acceptors (Lipinski definition) is 4. The van der Waals surface area contributed by atoms with Gasteiger partial charge in [-0.05, 0) is 31.5 Å². The minimum Gasteiger partial charge on any atom is -0.449 e. The van der Waals surface area contributed by atoms with Crippen LogP contribution in [-0.2, 0) is 4.74 Å². The van der Waals surface area contributed by atoms with E-state index in [2.05, 4.69) is 15.3 Å². The van der Waals surface area contributed by atoms with Crippen molar-refractivity contribution in [2.75, 3.05) is 6.61 Å². The molecule has 5 nitrogen and oxygen atoms in total. The molecule has 0 aliphatic heterocycles. The van der Waals surface area contributed by atoms with E-state index in [0.29, 0.717) is 17.9 Å². The number of amides is 1. The summed E-state index contributed by atoms with van der Waals surface area (Å²) in [6.07, 6.45) is -0.583. The second-order valence-corrected chi connectivity index (χ2v) is 3.22. The van der Waals surface area contributed by atoms with E-state index >= 15 is 0 Å². The van der Waals surface area contributed by atoms with E-state index in [0.717, 1.165) is 5.56 Å². The molecule has 0 radical (unpaired) electrons. The van der Waals surface area contributed by atoms with E-state index in [9.17, 15) is 4.79 Å². The molecule has 5 heteroatoms. The molecular formula is C12H13N3O2. The Kier molecular flexibility index (Phi) is 4.70. The first-order chi connectivity index (χ1) is 8.17. The predicted molar refractivity (Wildman–Crippen MR) is 63.5 cm³/mol. The van der Waals surface area contributed by atoms with Crippen molar-refractivity contribution in [2.45, 2.75) is 13.8 Å². The Bertz CT molecular complexity index is 458. The topological polar surface area (TPSA) is 74.5 Å². The summed E-state index contributed by atoms with van der Waals surface area (Å²) < 4.78 is 4.66. The van der Waals surface area contributed by atoms with Gasteiger partial charge in [0.25, 0.3) is 0 Å². The lowest BCUT2D eigenvalue weighted by Gasteiger charge is -2.02. The number of nitrogens with one attached hydrogen (secondary N) is 1. The summed E-state index contributed by atoms with van der Waals surface area (Å²) in [6, 6.07) is 8.95. The number of nitriles is 1. The van der Waals surface area contributed by atoms with Gasteiger partial charge in [0.2, 0.25) is 0 Å². The minimum atomic E-state index is -0.583. The van der Waals surface area contributed by atoms with Crippen LogP contribution in [0.2, 0.25) is 0 Å². The molecule has 0 aliphatic carbocycles. The third-order valence-corrected chi connectivity index (χ3v) is 2.02. The molecule has 1 N–H and O–H groups in total. The maximum absolute atomic E-state index is 11.0. The standard InChI is InChI=1S/C12H13N3O2/c1-3-17-12(16)15-14-9(2)11-6-4-10(8-13)5-7-11/h4-7H,3H2,1-2H3,(H,15,16)/b14-9+. The molecule has 1 aromatic carbocycles. The molecule has 1 amide bonds. The molecule has 0 aliphatic rings. The molecular weight excluding hydrogens is 218 g/mol. The van der Waals surface area contributed by atoms with Gasteiger partial charge in [-0.3, -0.25) is 0 Å². The Labute approximate surface area is 99.7 Å². The van der Waals surface area contributed by atoms with Crippen LogP contribution in [-0.4, -0.2) is 18.4 Å². The highest BCUT2D eigenvalue weighted by Gasteiger charge is 2.00. The third-order valence-electron chi connectivity index (χ3n) is 2.02. The molecule has 1 aromatic rings. The third kappa shape index (κ3) is 3.95. The van der Waals surface area contributed by atoms with Crippen LogP contribution < -0.4 is 5.43 Å². The average Bonchev–Trinajstić information content (AvgIpc) is 2.36. The van der Waals surface area contributed by atoms with E-state index in [1.165, 1.54) is 0 Å². The molecule has 0 fully saturated rings. The monoisotopic (exact) mass is 231 g/mol. The van der Waals surface area contributed by atoms with Crippen molar-refractivity contribution >= 4 is 11.8 Å². The van der Waals surface area contributed by atoms with Gasteiger partial charge in [0.15, 0.2) is 0 Å². The maximum atomic E-state index is 11.0. The van der Waals surface area contributed by atoms with Gasteiger partial charge in [0.1, 0.15) is 0 Å². The lowest BCUT2D eigenvalue weighted by Crippen LogP contribution is -2.20. The van der Waals surface area contributed by atoms with Gasteiger partial charge >= 0.3 is 6.09 Å². The van der Waals surface area contributed by atoms with Crippen molar-refractivity contribution < 1.29 is 9.53 Å². The highest BCUT2D eigenvalue weighted by molar-refractivity contribution is 5.99. The van der Waals surface area contributed by atoms with Crippen molar-refractivity contribution in [2.24, 2.45) is 5.10 Å². The predicted octanol–water partition coefficient (Wildman–Crippen LogP) is 2.03. The van der Waals surface area contributed by atoms with Gasteiger partial charge < -0.3 is 4.74 Å². The molecule has 88 valence electrons. The van der Waals surface area contributed by atoms with Crippen molar-refractivity contribution in [3.63, 3.8) is 0 Å². The summed E-state index contributed by atoms with van der Waals surface area (Å²) in [4.78, 5) is 11.0. The molecule has 0 saturated carbocycles. The molecule has 0 unspecified atom stereocenters. The van der Waals surface area contributed by atoms with Crippen LogP contribution in [0.5, 0.6) is 0 Å². The molecule has 0 atom stereocenters. The van der Waals surface area contributed by atoms with E-state index in [1.54, 1.807) is 38.1 Å². The van der Waals surface area contributed by atoms with Crippen molar-refractivity contribution in [1.29, 1.82) is 5.26 Å². The fourth-order valence-electron chi connectivity index (χ4n) is 1.14. The van der Waals surface area contributed by atoms with Gasteiger partial charge in [-0.1, -0.05) is 12.1 Å². The summed E-state index contributed by atoms with van der Waals surface area (Å²) in [5.74, 6) is 0. The smallest absolute Gasteiger partial charge is 0.427 e. The van der Waals surface area contributed by atoms with Crippen LogP contribution in [0.15, 0.2) is 29.4 Å². The van der Waals surface area contributed by atoms with Crippen LogP contribution in [0.1, 0.15) is 25.0 Å². The summed E-state index contributed by atoms with van der Waals surface area (Å²) >= 11 is 0. The van der Waals surface area contributed by atoms with Crippen LogP contribution in [0.3, 0.4) is 0 Å². The van der Waals surface area contributed by atoms with Crippen LogP contribution in [0.25, 0.3) is 0 Å². The SMILES string of the molecule is CCOC(=O)N/N=C(\C)c1ccc(C#N)cc1. The molecule has 0 spiro atoms. The number of rotatable bonds is 3. The zero-order valence-electron chi connectivity index (χ0n) is 9.73. The summed E-state index contributed by atoms with van der Waals surface area (Å²) in [5, 5.41) is 12.5. The number of carbonyl (C=O) groups is 1. The van der Waals surface area contributed by atoms with Gasteiger partial charge in [0.05, 0.1) is 24.0 Å². The second-order valence-electron chi connectivity index (χ2n) is 3.22. The largest absolute Gasteiger partial charge is 0.449 e. The first kappa shape index (κ1) is 12.7. The van der Waals surface area contributed by atoms with Crippen LogP contribution in [0, 0.1) is 11.3 Å². The van der Waals surface area contributed by atoms with E-state index in [-0.39, 0.29) is 0 Å². The Morgan fingerprint density at radius 1 is 1.47 bits per heavy atom. The summed E-state index contributed by atoms with van der Waals surface area (Å²) in [5.41, 5.74) is 4.33. The Balaban J connectivity index is 2.68. The molecule has 0 saturated heterocycles. The first-order valence-corrected chi connectivity index (χ1v) is 5.15. The zero-order valence-corrected chi connectivity index (χ0v) is 9.73. The number of hydrazone groups is 1. The van der Waals surface area contributed by atoms with Gasteiger partial charge in [-0.2, -0.15) is 10.4 Å². The highest BCUT2D eigenvalue weighted by Crippen LogP contribution is 2.04. The quantitative estimate of drug-likeness (QED) is 0.638. The van der Waals surface area contributed by atoms with E-state index in [4.69, 9.17) is 5.26 Å². The maximum Gasteiger partial charge on any atom is 0.427 e. The Morgan fingerprint density at radius 3 is 2.65 bits per heavy atom. The van der Waals surface area contributed by atoms with E-state index in [1.807, 2.05) is 6.07 Å². The second kappa shape index (κ2) is 6.28. The average molecular weight is 231 g/mol. The lowest BCUT2D eigenvalue weighted by atomic mass is 10.1. The number of carbonyl (C=O) groups excluding carboxylic acids is 1. The van der Waals surface area contributed by atoms with E-state index < -0.39 is 6.09 Å². The Morgan fingerprint density at radius 2 is 2.12 bits per heavy atom. The van der Waals surface area contributed by atoms with Gasteiger partial charge in [0, 0.05) is 0 Å². The van der Waals surface area contributed by atoms with Crippen molar-refractivity contribution in [3.05, 3.63) is 35.4 Å². The lowest BCUT2D eigenvalue weighted by molar-refractivity contribution is 0.152. The van der Waals surface area contributed by atoms with Crippen molar-refractivity contribution in [3.8, 4) is 6.07 Å². The highest BCUT2D eigenvalue weighted by atomic mass is 16.5. The molecule has 1 rings (SSSR count). The fraction of sp³-hybridized carbons (Fsp3) is 0.250. The summed E-state index contributed by atoms with van der Waals surface area (Å²) in [7, 11) is 0. The number of nitrogens with zero attached hydrogens (tertiary/aromatic N) is 2. The van der Waals surface area contributed by atoms with Gasteiger partial charge in [-0.25, -0.2) is 10.2 Å². The fourth-order valence-corrected chi connectivity index (χ4v) is 1.14. The number of ether oxygens (including phenoxy) is 1. The van der Waals surface area contributed by atoms with Gasteiger partial charge in [-0.15, -0.1) is 0 Å². The normalized spacial score (nSPS) is 10.5. The first-order valence-electron chi connectivity index (χ1n) is 5.15. The van der Waals surface area contributed by atoms with Crippen molar-refractivity contribution in [1.82, 2.24) is 5.43 Å². The molecule has 0 bridgehead atoms. The van der Waals surface area contributed by atoms with Crippen LogP contribution in [0.4, 0.5) is 4.79 Å². The molecule has 0 heterocycles. The molecule has 0 aromatic heterocycles.